The van der Waals surface area contributed by atoms with Gasteiger partial charge < -0.3 is 9.32 Å². The third kappa shape index (κ3) is 3.94. The Bertz CT molecular complexity index is 1220. The Balaban J connectivity index is 1.30. The van der Waals surface area contributed by atoms with Gasteiger partial charge >= 0.3 is 0 Å². The third-order valence-corrected chi connectivity index (χ3v) is 8.32. The van der Waals surface area contributed by atoms with E-state index in [-0.39, 0.29) is 35.3 Å². The fourth-order valence-electron chi connectivity index (χ4n) is 4.76. The van der Waals surface area contributed by atoms with Crippen molar-refractivity contribution in [1.82, 2.24) is 19.7 Å². The van der Waals surface area contributed by atoms with Crippen molar-refractivity contribution in [3.05, 3.63) is 47.6 Å². The van der Waals surface area contributed by atoms with Gasteiger partial charge in [-0.05, 0) is 43.4 Å². The number of amides is 1. The van der Waals surface area contributed by atoms with Gasteiger partial charge in [0.25, 0.3) is 5.91 Å². The smallest absolute Gasteiger partial charge is 0.274 e. The van der Waals surface area contributed by atoms with Crippen LogP contribution in [-0.4, -0.2) is 58.6 Å². The molecule has 2 aliphatic rings. The minimum atomic E-state index is -3.03. The van der Waals surface area contributed by atoms with E-state index < -0.39 is 9.84 Å². The quantitative estimate of drug-likeness (QED) is 0.596. The van der Waals surface area contributed by atoms with Gasteiger partial charge in [-0.3, -0.25) is 9.48 Å². The molecule has 2 fully saturated rings. The number of hydrogen-bond donors (Lipinski definition) is 0. The predicted molar refractivity (Wildman–Crippen MR) is 121 cm³/mol. The Labute approximate surface area is 187 Å². The van der Waals surface area contributed by atoms with Crippen LogP contribution in [0.3, 0.4) is 0 Å². The Morgan fingerprint density at radius 2 is 1.91 bits per heavy atom. The molecular weight excluding hydrogens is 428 g/mol. The molecule has 4 heterocycles. The number of oxazole rings is 1. The van der Waals surface area contributed by atoms with E-state index in [0.29, 0.717) is 25.2 Å². The largest absolute Gasteiger partial charge is 0.440 e. The van der Waals surface area contributed by atoms with Gasteiger partial charge in [0.1, 0.15) is 5.52 Å². The number of carbonyl (C=O) groups is 1. The molecule has 3 aromatic rings. The molecule has 1 amide bonds. The third-order valence-electron chi connectivity index (χ3n) is 6.57. The Kier molecular flexibility index (Phi) is 5.31. The first-order chi connectivity index (χ1) is 15.3. The van der Waals surface area contributed by atoms with Crippen LogP contribution in [-0.2, 0) is 9.84 Å². The summed E-state index contributed by atoms with van der Waals surface area (Å²) in [7, 11) is -3.03. The molecule has 0 aliphatic carbocycles. The second-order valence-electron chi connectivity index (χ2n) is 9.20. The summed E-state index contributed by atoms with van der Waals surface area (Å²) in [5.74, 6) is 1.27. The Hall–Kier alpha value is -2.68. The molecule has 5 rings (SSSR count). The van der Waals surface area contributed by atoms with Crippen LogP contribution in [0.25, 0.3) is 11.1 Å². The summed E-state index contributed by atoms with van der Waals surface area (Å²) in [5.41, 5.74) is 2.97. The summed E-state index contributed by atoms with van der Waals surface area (Å²) in [6, 6.07) is 9.39. The molecule has 32 heavy (non-hydrogen) atoms. The Morgan fingerprint density at radius 1 is 1.16 bits per heavy atom. The zero-order chi connectivity index (χ0) is 22.5. The topological polar surface area (TPSA) is 98.3 Å². The average Bonchev–Trinajstić information content (AvgIpc) is 3.49. The molecule has 0 saturated carbocycles. The van der Waals surface area contributed by atoms with E-state index in [9.17, 15) is 13.2 Å². The van der Waals surface area contributed by atoms with E-state index >= 15 is 0 Å². The van der Waals surface area contributed by atoms with Crippen molar-refractivity contribution < 1.29 is 17.6 Å². The second kappa shape index (κ2) is 8.03. The number of carbonyl (C=O) groups excluding carboxylic acids is 1. The second-order valence-corrected chi connectivity index (χ2v) is 11.4. The van der Waals surface area contributed by atoms with Crippen LogP contribution in [0.4, 0.5) is 0 Å². The van der Waals surface area contributed by atoms with Crippen LogP contribution in [0.15, 0.2) is 34.7 Å². The number of sulfone groups is 1. The maximum absolute atomic E-state index is 13.2. The molecule has 2 aliphatic heterocycles. The Morgan fingerprint density at radius 3 is 2.56 bits per heavy atom. The highest BCUT2D eigenvalue weighted by Crippen LogP contribution is 2.32. The molecule has 1 aromatic carbocycles. The normalized spacial score (nSPS) is 21.6. The first-order valence-electron chi connectivity index (χ1n) is 11.3. The van der Waals surface area contributed by atoms with Gasteiger partial charge in [0, 0.05) is 24.7 Å². The number of piperidine rings is 1. The van der Waals surface area contributed by atoms with Crippen molar-refractivity contribution in [2.24, 2.45) is 0 Å². The predicted octanol–water partition coefficient (Wildman–Crippen LogP) is 3.53. The van der Waals surface area contributed by atoms with E-state index in [4.69, 9.17) is 4.42 Å². The van der Waals surface area contributed by atoms with E-state index in [2.05, 4.69) is 10.1 Å². The first kappa shape index (κ1) is 21.2. The van der Waals surface area contributed by atoms with Crippen molar-refractivity contribution >= 4 is 26.8 Å². The van der Waals surface area contributed by atoms with Crippen molar-refractivity contribution in [3.8, 4) is 0 Å². The number of hydrogen-bond acceptors (Lipinski definition) is 6. The molecule has 0 spiro atoms. The highest BCUT2D eigenvalue weighted by molar-refractivity contribution is 7.91. The summed E-state index contributed by atoms with van der Waals surface area (Å²) >= 11 is 0. The lowest BCUT2D eigenvalue weighted by Gasteiger charge is -2.30. The summed E-state index contributed by atoms with van der Waals surface area (Å²) in [6.45, 7) is 5.31. The van der Waals surface area contributed by atoms with E-state index in [0.717, 1.165) is 35.5 Å². The standard InChI is InChI=1S/C23H28N4O4S/c1-15(2)20-13-19(25-27(20)17-9-12-32(29,30)14-17)23(28)26-10-7-16(8-11-26)22-24-18-5-3-4-6-21(18)31-22/h3-6,13,15-17H,7-12,14H2,1-2H3/t17-/m1/s1. The van der Waals surface area contributed by atoms with Crippen LogP contribution in [0.1, 0.15) is 73.1 Å². The number of rotatable bonds is 4. The zero-order valence-electron chi connectivity index (χ0n) is 18.4. The van der Waals surface area contributed by atoms with Gasteiger partial charge in [-0.2, -0.15) is 5.10 Å². The van der Waals surface area contributed by atoms with Gasteiger partial charge in [-0.15, -0.1) is 0 Å². The molecule has 170 valence electrons. The van der Waals surface area contributed by atoms with Gasteiger partial charge in [0.15, 0.2) is 27.0 Å². The molecule has 0 radical (unpaired) electrons. The van der Waals surface area contributed by atoms with Crippen LogP contribution < -0.4 is 0 Å². The molecule has 0 N–H and O–H groups in total. The van der Waals surface area contributed by atoms with Gasteiger partial charge in [0.2, 0.25) is 0 Å². The number of aromatic nitrogens is 3. The number of nitrogens with zero attached hydrogens (tertiary/aromatic N) is 4. The average molecular weight is 457 g/mol. The maximum atomic E-state index is 13.2. The van der Waals surface area contributed by atoms with Crippen LogP contribution in [0.5, 0.6) is 0 Å². The van der Waals surface area contributed by atoms with E-state index in [1.165, 1.54) is 0 Å². The monoisotopic (exact) mass is 456 g/mol. The molecule has 0 unspecified atom stereocenters. The first-order valence-corrected chi connectivity index (χ1v) is 13.1. The minimum absolute atomic E-state index is 0.0949. The summed E-state index contributed by atoms with van der Waals surface area (Å²) in [4.78, 5) is 19.7. The van der Waals surface area contributed by atoms with E-state index in [1.807, 2.05) is 49.1 Å². The number of fused-ring (bicyclic) bond motifs is 1. The lowest BCUT2D eigenvalue weighted by atomic mass is 9.96. The summed E-state index contributed by atoms with van der Waals surface area (Å²) in [6.07, 6.45) is 2.13. The highest BCUT2D eigenvalue weighted by Gasteiger charge is 2.34. The van der Waals surface area contributed by atoms with Gasteiger partial charge in [0.05, 0.1) is 17.5 Å². The number of benzene rings is 1. The SMILES string of the molecule is CC(C)c1cc(C(=O)N2CCC(c3nc4ccccc4o3)CC2)nn1[C@@H]1CCS(=O)(=O)C1. The van der Waals surface area contributed by atoms with Crippen molar-refractivity contribution in [3.63, 3.8) is 0 Å². The molecule has 0 bridgehead atoms. The molecule has 1 atom stereocenters. The summed E-state index contributed by atoms with van der Waals surface area (Å²) < 4.78 is 31.6. The van der Waals surface area contributed by atoms with Gasteiger partial charge in [-0.25, -0.2) is 13.4 Å². The minimum Gasteiger partial charge on any atom is -0.440 e. The fraction of sp³-hybridized carbons (Fsp3) is 0.522. The highest BCUT2D eigenvalue weighted by atomic mass is 32.2. The molecule has 2 saturated heterocycles. The lowest BCUT2D eigenvalue weighted by Crippen LogP contribution is -2.38. The zero-order valence-corrected chi connectivity index (χ0v) is 19.2. The van der Waals surface area contributed by atoms with Gasteiger partial charge in [-0.1, -0.05) is 26.0 Å². The van der Waals surface area contributed by atoms with Crippen molar-refractivity contribution in [2.45, 2.75) is 51.0 Å². The van der Waals surface area contributed by atoms with E-state index in [1.54, 1.807) is 4.68 Å². The summed E-state index contributed by atoms with van der Waals surface area (Å²) in [5, 5.41) is 4.59. The fourth-order valence-corrected chi connectivity index (χ4v) is 6.45. The number of likely N-dealkylation sites (tertiary alicyclic amines) is 1. The molecule has 8 nitrogen and oxygen atoms in total. The van der Waals surface area contributed by atoms with Crippen molar-refractivity contribution in [2.75, 3.05) is 24.6 Å². The van der Waals surface area contributed by atoms with Crippen LogP contribution in [0.2, 0.25) is 0 Å². The maximum Gasteiger partial charge on any atom is 0.274 e. The van der Waals surface area contributed by atoms with Crippen molar-refractivity contribution in [1.29, 1.82) is 0 Å². The van der Waals surface area contributed by atoms with Crippen LogP contribution >= 0.6 is 0 Å². The molecular formula is C23H28N4O4S. The van der Waals surface area contributed by atoms with Crippen LogP contribution in [0, 0.1) is 0 Å². The molecule has 9 heteroatoms. The lowest BCUT2D eigenvalue weighted by molar-refractivity contribution is 0.0699. The number of para-hydroxylation sites is 2. The molecule has 2 aromatic heterocycles.